The van der Waals surface area contributed by atoms with Crippen LogP contribution in [0.15, 0.2) is 48.2 Å². The third kappa shape index (κ3) is 5.40. The Kier molecular flexibility index (Phi) is 6.52. The first kappa shape index (κ1) is 23.4. The highest BCUT2D eigenvalue weighted by Gasteiger charge is 2.38. The molecule has 3 atom stereocenters. The Morgan fingerprint density at radius 2 is 2.03 bits per heavy atom. The summed E-state index contributed by atoms with van der Waals surface area (Å²) in [6.07, 6.45) is 1.77. The van der Waals surface area contributed by atoms with Crippen LogP contribution in [0.1, 0.15) is 31.4 Å². The molecule has 2 aromatic carbocycles. The second-order valence-corrected chi connectivity index (χ2v) is 9.14. The second-order valence-electron chi connectivity index (χ2n) is 8.30. The van der Waals surface area contributed by atoms with Crippen LogP contribution in [-0.4, -0.2) is 30.1 Å². The fourth-order valence-corrected chi connectivity index (χ4v) is 4.14. The van der Waals surface area contributed by atoms with Crippen LogP contribution in [0.5, 0.6) is 11.5 Å². The van der Waals surface area contributed by atoms with Gasteiger partial charge in [0.2, 0.25) is 0 Å². The van der Waals surface area contributed by atoms with Crippen LogP contribution >= 0.6 is 23.2 Å². The highest BCUT2D eigenvalue weighted by Crippen LogP contribution is 2.36. The number of nitrogens with one attached hydrogen (secondary N) is 2. The van der Waals surface area contributed by atoms with Crippen LogP contribution in [0.2, 0.25) is 10.0 Å². The van der Waals surface area contributed by atoms with E-state index in [4.69, 9.17) is 38.4 Å². The molecule has 1 aliphatic heterocycles. The highest BCUT2D eigenvalue weighted by molar-refractivity contribution is 6.31. The van der Waals surface area contributed by atoms with E-state index in [1.165, 1.54) is 12.1 Å². The molecule has 0 fully saturated rings. The number of hydrogen-bond donors (Lipinski definition) is 3. The van der Waals surface area contributed by atoms with Crippen molar-refractivity contribution in [2.24, 2.45) is 5.73 Å². The van der Waals surface area contributed by atoms with Crippen molar-refractivity contribution >= 4 is 35.0 Å². The largest absolute Gasteiger partial charge is 0.484 e. The summed E-state index contributed by atoms with van der Waals surface area (Å²) in [6, 6.07) is 8.70. The van der Waals surface area contributed by atoms with Crippen LogP contribution in [0.4, 0.5) is 4.39 Å². The number of ether oxygens (including phenoxy) is 2. The van der Waals surface area contributed by atoms with Crippen LogP contribution in [-0.2, 0) is 9.59 Å². The number of carbonyl (C=O) groups is 2. The van der Waals surface area contributed by atoms with Gasteiger partial charge in [0.05, 0.1) is 10.6 Å². The second kappa shape index (κ2) is 9.21. The molecule has 7 nitrogen and oxygen atoms in total. The number of carbonyl (C=O) groups excluding carboxylic acids is 2. The molecule has 10 heteroatoms. The molecule has 0 saturated carbocycles. The maximum Gasteiger partial charge on any atom is 0.262 e. The first-order chi connectivity index (χ1) is 15.6. The molecular formula is C23H22Cl2FN3O4. The quantitative estimate of drug-likeness (QED) is 0.569. The Morgan fingerprint density at radius 3 is 2.76 bits per heavy atom. The van der Waals surface area contributed by atoms with Crippen molar-refractivity contribution in [3.63, 3.8) is 0 Å². The summed E-state index contributed by atoms with van der Waals surface area (Å²) in [5.41, 5.74) is 6.99. The number of amides is 2. The molecule has 3 unspecified atom stereocenters. The molecule has 0 bridgehead atoms. The van der Waals surface area contributed by atoms with Crippen molar-refractivity contribution in [2.75, 3.05) is 6.61 Å². The Morgan fingerprint density at radius 1 is 1.27 bits per heavy atom. The molecule has 2 amide bonds. The number of benzene rings is 2. The summed E-state index contributed by atoms with van der Waals surface area (Å²) in [4.78, 5) is 24.9. The van der Waals surface area contributed by atoms with E-state index in [-0.39, 0.29) is 29.3 Å². The molecule has 0 radical (unpaired) electrons. The molecular weight excluding hydrogens is 472 g/mol. The Labute approximate surface area is 200 Å². The van der Waals surface area contributed by atoms with Gasteiger partial charge >= 0.3 is 0 Å². The van der Waals surface area contributed by atoms with E-state index in [0.717, 1.165) is 11.6 Å². The average molecular weight is 494 g/mol. The first-order valence-corrected chi connectivity index (χ1v) is 11.0. The molecule has 33 heavy (non-hydrogen) atoms. The maximum absolute atomic E-state index is 13.4. The van der Waals surface area contributed by atoms with Crippen molar-refractivity contribution in [2.45, 2.75) is 37.5 Å². The Balaban J connectivity index is 1.28. The predicted molar refractivity (Wildman–Crippen MR) is 122 cm³/mol. The minimum Gasteiger partial charge on any atom is -0.484 e. The van der Waals surface area contributed by atoms with E-state index < -0.39 is 23.4 Å². The third-order valence-corrected chi connectivity index (χ3v) is 5.96. The van der Waals surface area contributed by atoms with Gasteiger partial charge < -0.3 is 25.8 Å². The van der Waals surface area contributed by atoms with Crippen molar-refractivity contribution in [3.8, 4) is 11.5 Å². The standard InChI is InChI=1S/C23H22Cl2FN3O4/c1-23(29-22(31)20-8-18(27)15-6-12(24)2-5-19(15)33-20)9-13(10-23)28-21(30)11-32-14-3-4-16(25)17(26)7-14/h2-7,9,18,20H,8,10-11,27H2,1H3,(H,28,30)(H,29,31). The minimum atomic E-state index is -0.731. The van der Waals surface area contributed by atoms with Gasteiger partial charge in [0.15, 0.2) is 12.7 Å². The molecule has 2 aromatic rings. The normalized spacial score (nSPS) is 23.4. The van der Waals surface area contributed by atoms with E-state index in [2.05, 4.69) is 10.6 Å². The SMILES string of the molecule is CC1(NC(=O)C2CC(N)c3cc(Cl)ccc3O2)C=C(NC(=O)COc2ccc(Cl)c(F)c2)C1. The fourth-order valence-electron chi connectivity index (χ4n) is 3.84. The lowest BCUT2D eigenvalue weighted by molar-refractivity contribution is -0.130. The van der Waals surface area contributed by atoms with Gasteiger partial charge in [0.1, 0.15) is 17.3 Å². The van der Waals surface area contributed by atoms with Gasteiger partial charge in [-0.15, -0.1) is 0 Å². The summed E-state index contributed by atoms with van der Waals surface area (Å²) in [5.74, 6) is -0.578. The predicted octanol–water partition coefficient (Wildman–Crippen LogP) is 3.64. The zero-order chi connectivity index (χ0) is 23.8. The fraction of sp³-hybridized carbons (Fsp3) is 0.304. The molecule has 4 N–H and O–H groups in total. The van der Waals surface area contributed by atoms with Crippen LogP contribution in [0.25, 0.3) is 0 Å². The summed E-state index contributed by atoms with van der Waals surface area (Å²) in [7, 11) is 0. The molecule has 0 saturated heterocycles. The molecule has 1 heterocycles. The van der Waals surface area contributed by atoms with Crippen LogP contribution in [0, 0.1) is 5.82 Å². The number of hydrogen-bond acceptors (Lipinski definition) is 5. The number of rotatable bonds is 6. The summed E-state index contributed by atoms with van der Waals surface area (Å²) in [5, 5.41) is 6.18. The Hall–Kier alpha value is -2.81. The lowest BCUT2D eigenvalue weighted by atomic mass is 9.83. The van der Waals surface area contributed by atoms with Gasteiger partial charge in [-0.1, -0.05) is 23.2 Å². The lowest BCUT2D eigenvalue weighted by Gasteiger charge is -2.39. The van der Waals surface area contributed by atoms with E-state index in [0.29, 0.717) is 29.3 Å². The molecule has 0 spiro atoms. The van der Waals surface area contributed by atoms with Gasteiger partial charge in [0.25, 0.3) is 11.8 Å². The molecule has 0 aromatic heterocycles. The Bertz CT molecular complexity index is 1140. The maximum atomic E-state index is 13.4. The molecule has 174 valence electrons. The van der Waals surface area contributed by atoms with Crippen molar-refractivity contribution in [3.05, 3.63) is 69.6 Å². The van der Waals surface area contributed by atoms with E-state index in [9.17, 15) is 14.0 Å². The van der Waals surface area contributed by atoms with E-state index in [1.807, 2.05) is 6.92 Å². The minimum absolute atomic E-state index is 0.0259. The van der Waals surface area contributed by atoms with Gasteiger partial charge in [-0.25, -0.2) is 4.39 Å². The van der Waals surface area contributed by atoms with E-state index in [1.54, 1.807) is 24.3 Å². The lowest BCUT2D eigenvalue weighted by Crippen LogP contribution is -2.56. The van der Waals surface area contributed by atoms with Crippen molar-refractivity contribution < 1.29 is 23.5 Å². The zero-order valence-corrected chi connectivity index (χ0v) is 19.2. The first-order valence-electron chi connectivity index (χ1n) is 10.2. The van der Waals surface area contributed by atoms with Gasteiger partial charge in [-0.3, -0.25) is 9.59 Å². The van der Waals surface area contributed by atoms with Crippen LogP contribution in [0.3, 0.4) is 0 Å². The van der Waals surface area contributed by atoms with E-state index >= 15 is 0 Å². The molecule has 4 rings (SSSR count). The monoisotopic (exact) mass is 493 g/mol. The van der Waals surface area contributed by atoms with Gasteiger partial charge in [-0.2, -0.15) is 0 Å². The number of nitrogens with two attached hydrogens (primary N) is 1. The summed E-state index contributed by atoms with van der Waals surface area (Å²) >= 11 is 11.6. The topological polar surface area (TPSA) is 103 Å². The number of fused-ring (bicyclic) bond motifs is 1. The van der Waals surface area contributed by atoms with Gasteiger partial charge in [0, 0.05) is 41.2 Å². The average Bonchev–Trinajstić information content (AvgIpc) is 2.73. The molecule has 1 aliphatic carbocycles. The summed E-state index contributed by atoms with van der Waals surface area (Å²) in [6.45, 7) is 1.54. The van der Waals surface area contributed by atoms with Crippen molar-refractivity contribution in [1.82, 2.24) is 10.6 Å². The van der Waals surface area contributed by atoms with Gasteiger partial charge in [-0.05, 0) is 43.3 Å². The molecule has 2 aliphatic rings. The highest BCUT2D eigenvalue weighted by atomic mass is 35.5. The third-order valence-electron chi connectivity index (χ3n) is 5.42. The summed E-state index contributed by atoms with van der Waals surface area (Å²) < 4.78 is 24.5. The van der Waals surface area contributed by atoms with Crippen LogP contribution < -0.4 is 25.8 Å². The number of halogens is 3. The smallest absolute Gasteiger partial charge is 0.262 e. The van der Waals surface area contributed by atoms with Crippen molar-refractivity contribution in [1.29, 1.82) is 0 Å². The zero-order valence-electron chi connectivity index (χ0n) is 17.7.